The van der Waals surface area contributed by atoms with Crippen LogP contribution >= 0.6 is 0 Å². The van der Waals surface area contributed by atoms with E-state index in [1.165, 1.54) is 5.56 Å². The van der Waals surface area contributed by atoms with Gasteiger partial charge in [-0.25, -0.2) is 18.4 Å². The molecule has 4 rings (SSSR count). The van der Waals surface area contributed by atoms with Crippen molar-refractivity contribution in [3.8, 4) is 11.4 Å². The lowest BCUT2D eigenvalue weighted by molar-refractivity contribution is 0.470. The average molecular weight is 357 g/mol. The van der Waals surface area contributed by atoms with Crippen LogP contribution in [0, 0.1) is 13.8 Å². The molecule has 130 valence electrons. The summed E-state index contributed by atoms with van der Waals surface area (Å²) >= 11 is 0. The largest absolute Gasteiger partial charge is 0.748 e. The van der Waals surface area contributed by atoms with Crippen LogP contribution < -0.4 is 0 Å². The maximum Gasteiger partial charge on any atom is 0.138 e. The fourth-order valence-corrected chi connectivity index (χ4v) is 2.49. The van der Waals surface area contributed by atoms with Crippen LogP contribution in [0.25, 0.3) is 33.5 Å². The number of benzene rings is 2. The zero-order valence-electron chi connectivity index (χ0n) is 14.0. The zero-order valence-corrected chi connectivity index (χ0v) is 14.8. The Kier molecular flexibility index (Phi) is 4.32. The number of imidazole rings is 2. The van der Waals surface area contributed by atoms with Crippen LogP contribution in [0.4, 0.5) is 0 Å². The molecule has 2 heterocycles. The summed E-state index contributed by atoms with van der Waals surface area (Å²) < 4.78 is 27.2. The second kappa shape index (κ2) is 6.30. The molecule has 8 heteroatoms. The lowest BCUT2D eigenvalue weighted by Gasteiger charge is -1.96. The Hall–Kier alpha value is -2.71. The first-order chi connectivity index (χ1) is 11.7. The number of aryl methyl sites for hydroxylation is 2. The maximum absolute atomic E-state index is 9.08. The third-order valence-electron chi connectivity index (χ3n) is 3.53. The van der Waals surface area contributed by atoms with E-state index in [9.17, 15) is 0 Å². The molecule has 25 heavy (non-hydrogen) atoms. The molecular formula is C17H17N4O3S-. The van der Waals surface area contributed by atoms with Gasteiger partial charge < -0.3 is 14.5 Å². The van der Waals surface area contributed by atoms with Crippen molar-refractivity contribution in [1.29, 1.82) is 0 Å². The number of rotatable bonds is 1. The molecule has 0 atom stereocenters. The standard InChI is InChI=1S/C16H14N4.CH4O3S/c1-9-3-5-11(6-4-9)16-19-14-7-12-13(8-15(14)20-16)18-10(2)17-12;1-5(2,3)4/h3-8H,1-2H3,(H,17,18)(H,19,20);1H3,(H,2,3,4)/p-1. The predicted molar refractivity (Wildman–Crippen MR) is 96.3 cm³/mol. The number of fused-ring (bicyclic) bond motifs is 2. The highest BCUT2D eigenvalue weighted by molar-refractivity contribution is 7.84. The van der Waals surface area contributed by atoms with E-state index < -0.39 is 10.1 Å². The van der Waals surface area contributed by atoms with Gasteiger partial charge in [-0.1, -0.05) is 29.8 Å². The van der Waals surface area contributed by atoms with Gasteiger partial charge in [0.1, 0.15) is 11.6 Å². The molecule has 0 aliphatic carbocycles. The molecule has 0 radical (unpaired) electrons. The summed E-state index contributed by atoms with van der Waals surface area (Å²) in [6, 6.07) is 12.4. The van der Waals surface area contributed by atoms with Gasteiger partial charge in [0.05, 0.1) is 32.2 Å². The Morgan fingerprint density at radius 1 is 0.920 bits per heavy atom. The Morgan fingerprint density at radius 2 is 1.48 bits per heavy atom. The molecule has 0 fully saturated rings. The minimum absolute atomic E-state index is 0.604. The molecule has 7 nitrogen and oxygen atoms in total. The summed E-state index contributed by atoms with van der Waals surface area (Å²) in [7, 11) is -3.92. The van der Waals surface area contributed by atoms with Gasteiger partial charge in [0.25, 0.3) is 0 Å². The van der Waals surface area contributed by atoms with Gasteiger partial charge in [0, 0.05) is 11.8 Å². The van der Waals surface area contributed by atoms with Crippen LogP contribution in [-0.2, 0) is 10.1 Å². The maximum atomic E-state index is 9.08. The van der Waals surface area contributed by atoms with Crippen LogP contribution in [0.3, 0.4) is 0 Å². The molecule has 0 unspecified atom stereocenters. The van der Waals surface area contributed by atoms with Gasteiger partial charge in [-0.2, -0.15) is 0 Å². The molecule has 0 amide bonds. The summed E-state index contributed by atoms with van der Waals surface area (Å²) in [6.45, 7) is 4.04. The van der Waals surface area contributed by atoms with Crippen LogP contribution in [-0.4, -0.2) is 39.2 Å². The first kappa shape index (κ1) is 17.1. The van der Waals surface area contributed by atoms with Gasteiger partial charge in [0.2, 0.25) is 0 Å². The highest BCUT2D eigenvalue weighted by Gasteiger charge is 2.08. The normalized spacial score (nSPS) is 11.5. The molecule has 0 aliphatic rings. The smallest absolute Gasteiger partial charge is 0.138 e. The molecule has 2 aromatic carbocycles. The monoisotopic (exact) mass is 357 g/mol. The predicted octanol–water partition coefficient (Wildman–Crippen LogP) is 2.88. The molecule has 0 saturated heterocycles. The highest BCUT2D eigenvalue weighted by atomic mass is 32.2. The number of H-pyrrole nitrogens is 2. The van der Waals surface area contributed by atoms with Crippen molar-refractivity contribution in [2.24, 2.45) is 0 Å². The van der Waals surface area contributed by atoms with E-state index in [4.69, 9.17) is 13.0 Å². The summed E-state index contributed by atoms with van der Waals surface area (Å²) in [5.41, 5.74) is 6.31. The van der Waals surface area contributed by atoms with Gasteiger partial charge in [-0.15, -0.1) is 0 Å². The third kappa shape index (κ3) is 4.23. The lowest BCUT2D eigenvalue weighted by atomic mass is 10.1. The topological polar surface area (TPSA) is 115 Å². The minimum Gasteiger partial charge on any atom is -0.748 e. The van der Waals surface area contributed by atoms with Gasteiger partial charge >= 0.3 is 0 Å². The van der Waals surface area contributed by atoms with Crippen molar-refractivity contribution in [2.45, 2.75) is 13.8 Å². The van der Waals surface area contributed by atoms with Gasteiger partial charge in [-0.3, -0.25) is 0 Å². The Morgan fingerprint density at radius 3 is 2.12 bits per heavy atom. The molecule has 0 saturated carbocycles. The van der Waals surface area contributed by atoms with Crippen molar-refractivity contribution in [2.75, 3.05) is 6.26 Å². The summed E-state index contributed by atoms with van der Waals surface area (Å²) in [5.74, 6) is 1.82. The average Bonchev–Trinajstić information content (AvgIpc) is 3.04. The molecule has 2 N–H and O–H groups in total. The zero-order chi connectivity index (χ0) is 18.2. The van der Waals surface area contributed by atoms with Crippen molar-refractivity contribution in [1.82, 2.24) is 19.9 Å². The number of hydrogen-bond acceptors (Lipinski definition) is 5. The summed E-state index contributed by atoms with van der Waals surface area (Å²) in [4.78, 5) is 15.7. The molecular weight excluding hydrogens is 340 g/mol. The summed E-state index contributed by atoms with van der Waals surface area (Å²) in [6.07, 6.45) is 0.604. The summed E-state index contributed by atoms with van der Waals surface area (Å²) in [5, 5.41) is 0. The van der Waals surface area contributed by atoms with E-state index in [2.05, 4.69) is 57.2 Å². The van der Waals surface area contributed by atoms with E-state index in [1.54, 1.807) is 0 Å². The SMILES string of the molecule is CS(=O)(=O)[O-].Cc1ccc(-c2nc3cc4nc(C)[nH]c4cc3[nH]2)cc1. The van der Waals surface area contributed by atoms with E-state index in [1.807, 2.05) is 13.0 Å². The fraction of sp³-hybridized carbons (Fsp3) is 0.176. The Balaban J connectivity index is 0.000000324. The quantitative estimate of drug-likeness (QED) is 0.508. The molecule has 2 aromatic heterocycles. The van der Waals surface area contributed by atoms with E-state index >= 15 is 0 Å². The molecule has 4 aromatic rings. The molecule has 0 bridgehead atoms. The van der Waals surface area contributed by atoms with E-state index in [-0.39, 0.29) is 0 Å². The van der Waals surface area contributed by atoms with Crippen LogP contribution in [0.15, 0.2) is 36.4 Å². The number of aromatic amines is 2. The Bertz CT molecular complexity index is 1080. The fourth-order valence-electron chi connectivity index (χ4n) is 2.49. The minimum atomic E-state index is -3.92. The molecule has 0 spiro atoms. The number of aromatic nitrogens is 4. The van der Waals surface area contributed by atoms with Crippen molar-refractivity contribution in [3.05, 3.63) is 47.8 Å². The van der Waals surface area contributed by atoms with Crippen molar-refractivity contribution < 1.29 is 13.0 Å². The molecule has 0 aliphatic heterocycles. The van der Waals surface area contributed by atoms with Gasteiger partial charge in [-0.05, 0) is 26.0 Å². The first-order valence-corrected chi connectivity index (χ1v) is 9.35. The van der Waals surface area contributed by atoms with Crippen LogP contribution in [0.1, 0.15) is 11.4 Å². The highest BCUT2D eigenvalue weighted by Crippen LogP contribution is 2.24. The third-order valence-corrected chi connectivity index (χ3v) is 3.53. The van der Waals surface area contributed by atoms with Crippen molar-refractivity contribution in [3.63, 3.8) is 0 Å². The van der Waals surface area contributed by atoms with Gasteiger partial charge in [0.15, 0.2) is 0 Å². The first-order valence-electron chi connectivity index (χ1n) is 7.53. The Labute approximate surface area is 144 Å². The number of nitrogens with one attached hydrogen (secondary N) is 2. The lowest BCUT2D eigenvalue weighted by Crippen LogP contribution is -1.88. The number of nitrogens with zero attached hydrogens (tertiary/aromatic N) is 2. The second-order valence-corrected chi connectivity index (χ2v) is 7.27. The van der Waals surface area contributed by atoms with Crippen molar-refractivity contribution >= 4 is 32.2 Å². The van der Waals surface area contributed by atoms with E-state index in [0.29, 0.717) is 6.26 Å². The van der Waals surface area contributed by atoms with Crippen LogP contribution in [0.2, 0.25) is 0 Å². The second-order valence-electron chi connectivity index (χ2n) is 5.86. The number of hydrogen-bond donors (Lipinski definition) is 2. The van der Waals surface area contributed by atoms with Crippen LogP contribution in [0.5, 0.6) is 0 Å². The van der Waals surface area contributed by atoms with E-state index in [0.717, 1.165) is 39.3 Å².